The van der Waals surface area contributed by atoms with E-state index in [4.69, 9.17) is 16.4 Å². The first kappa shape index (κ1) is 23.1. The molecule has 0 spiro atoms. The largest absolute Gasteiger partial charge is 0.437 e. The molecule has 0 unspecified atom stereocenters. The van der Waals surface area contributed by atoms with Crippen LogP contribution in [0.5, 0.6) is 0 Å². The zero-order valence-electron chi connectivity index (χ0n) is 17.0. The molecule has 0 aliphatic heterocycles. The third-order valence-electron chi connectivity index (χ3n) is 4.23. The second-order valence-corrected chi connectivity index (χ2v) is 7.30. The molecule has 0 bridgehead atoms. The van der Waals surface area contributed by atoms with Gasteiger partial charge in [-0.05, 0) is 42.0 Å². The molecule has 1 heterocycles. The number of carbonyl (C=O) groups is 1. The first-order chi connectivity index (χ1) is 15.1. The third-order valence-corrected chi connectivity index (χ3v) is 4.48. The summed E-state index contributed by atoms with van der Waals surface area (Å²) in [5.74, 6) is 0.195. The average Bonchev–Trinajstić information content (AvgIpc) is 2.75. The fourth-order valence-electron chi connectivity index (χ4n) is 2.61. The summed E-state index contributed by atoms with van der Waals surface area (Å²) in [7, 11) is 3.24. The van der Waals surface area contributed by atoms with Gasteiger partial charge in [-0.2, -0.15) is 13.2 Å². The number of oxime groups is 1. The summed E-state index contributed by atoms with van der Waals surface area (Å²) in [6.45, 7) is 0. The van der Waals surface area contributed by atoms with Crippen LogP contribution in [0.25, 0.3) is 11.3 Å². The number of aromatic nitrogens is 1. The highest BCUT2D eigenvalue weighted by Crippen LogP contribution is 2.33. The topological polar surface area (TPSA) is 66.8 Å². The van der Waals surface area contributed by atoms with Gasteiger partial charge in [0.25, 0.3) is 0 Å². The van der Waals surface area contributed by atoms with Gasteiger partial charge in [-0.25, -0.2) is 9.78 Å². The summed E-state index contributed by atoms with van der Waals surface area (Å²) >= 11 is 5.78. The lowest BCUT2D eigenvalue weighted by Gasteiger charge is -2.16. The van der Waals surface area contributed by atoms with E-state index in [0.717, 1.165) is 12.1 Å². The van der Waals surface area contributed by atoms with Crippen molar-refractivity contribution in [1.29, 1.82) is 0 Å². The molecule has 0 fully saturated rings. The summed E-state index contributed by atoms with van der Waals surface area (Å²) in [5, 5.41) is 6.62. The van der Waals surface area contributed by atoms with Crippen LogP contribution in [0.4, 0.5) is 29.5 Å². The Bertz CT molecular complexity index is 1120. The van der Waals surface area contributed by atoms with E-state index in [0.29, 0.717) is 21.8 Å². The predicted octanol–water partition coefficient (Wildman–Crippen LogP) is 6.07. The smallest absolute Gasteiger partial charge is 0.363 e. The minimum Gasteiger partial charge on any atom is -0.363 e. The van der Waals surface area contributed by atoms with Crippen molar-refractivity contribution in [3.05, 3.63) is 76.8 Å². The molecule has 1 aromatic heterocycles. The summed E-state index contributed by atoms with van der Waals surface area (Å²) < 4.78 is 39.7. The van der Waals surface area contributed by atoms with Crippen LogP contribution < -0.4 is 10.2 Å². The molecule has 1 amide bonds. The number of pyridine rings is 1. The summed E-state index contributed by atoms with van der Waals surface area (Å²) in [6, 6.07) is 14.9. The number of benzene rings is 2. The monoisotopic (exact) mass is 462 g/mol. The van der Waals surface area contributed by atoms with Crippen LogP contribution in [0.1, 0.15) is 11.1 Å². The van der Waals surface area contributed by atoms with Crippen molar-refractivity contribution in [2.45, 2.75) is 6.18 Å². The Morgan fingerprint density at radius 3 is 2.34 bits per heavy atom. The van der Waals surface area contributed by atoms with E-state index < -0.39 is 17.8 Å². The quantitative estimate of drug-likeness (QED) is 0.284. The molecule has 0 aliphatic carbocycles. The number of anilines is 2. The highest BCUT2D eigenvalue weighted by atomic mass is 35.5. The Labute approximate surface area is 187 Å². The summed E-state index contributed by atoms with van der Waals surface area (Å²) in [4.78, 5) is 22.3. The Morgan fingerprint density at radius 1 is 1.09 bits per heavy atom. The van der Waals surface area contributed by atoms with E-state index in [2.05, 4.69) is 15.5 Å². The maximum atomic E-state index is 13.2. The maximum Gasteiger partial charge on any atom is 0.437 e. The van der Waals surface area contributed by atoms with Gasteiger partial charge in [0.2, 0.25) is 0 Å². The van der Waals surface area contributed by atoms with Crippen molar-refractivity contribution < 1.29 is 22.8 Å². The number of carbonyl (C=O) groups excluding carboxylic acids is 1. The highest BCUT2D eigenvalue weighted by molar-refractivity contribution is 6.30. The fraction of sp³-hybridized carbons (Fsp3) is 0.136. The van der Waals surface area contributed by atoms with Crippen LogP contribution in [-0.4, -0.2) is 31.4 Å². The molecule has 10 heteroatoms. The first-order valence-electron chi connectivity index (χ1n) is 9.26. The van der Waals surface area contributed by atoms with Crippen LogP contribution in [-0.2, 0) is 11.0 Å². The highest BCUT2D eigenvalue weighted by Gasteiger charge is 2.32. The lowest BCUT2D eigenvalue weighted by atomic mass is 10.1. The molecule has 0 saturated carbocycles. The average molecular weight is 463 g/mol. The first-order valence-corrected chi connectivity index (χ1v) is 9.63. The number of hydrogen-bond acceptors (Lipinski definition) is 5. The van der Waals surface area contributed by atoms with Gasteiger partial charge in [0.15, 0.2) is 0 Å². The van der Waals surface area contributed by atoms with Gasteiger partial charge in [0, 0.05) is 30.4 Å². The van der Waals surface area contributed by atoms with Crippen LogP contribution >= 0.6 is 11.6 Å². The van der Waals surface area contributed by atoms with Crippen LogP contribution in [0.3, 0.4) is 0 Å². The fourth-order valence-corrected chi connectivity index (χ4v) is 2.73. The molecule has 0 aliphatic rings. The number of alkyl halides is 3. The lowest BCUT2D eigenvalue weighted by Crippen LogP contribution is -2.14. The zero-order chi connectivity index (χ0) is 23.3. The molecule has 6 nitrogen and oxygen atoms in total. The maximum absolute atomic E-state index is 13.2. The van der Waals surface area contributed by atoms with Gasteiger partial charge in [-0.15, -0.1) is 0 Å². The molecule has 2 aromatic carbocycles. The molecule has 0 saturated heterocycles. The SMILES string of the molecule is CN(C)c1cc(C(F)(F)F)cc(-c2ccc(/C=N\OC(=O)Nc3ccc(Cl)cc3)cc2)n1. The van der Waals surface area contributed by atoms with Crippen molar-refractivity contribution in [1.82, 2.24) is 4.98 Å². The van der Waals surface area contributed by atoms with Gasteiger partial charge in [0.1, 0.15) is 5.82 Å². The second-order valence-electron chi connectivity index (χ2n) is 6.86. The Hall–Kier alpha value is -3.59. The number of hydrogen-bond donors (Lipinski definition) is 1. The van der Waals surface area contributed by atoms with E-state index in [-0.39, 0.29) is 11.5 Å². The van der Waals surface area contributed by atoms with E-state index in [1.165, 1.54) is 11.1 Å². The Balaban J connectivity index is 1.69. The van der Waals surface area contributed by atoms with Crippen LogP contribution in [0.15, 0.2) is 65.8 Å². The normalized spacial score (nSPS) is 11.4. The Morgan fingerprint density at radius 2 is 1.75 bits per heavy atom. The lowest BCUT2D eigenvalue weighted by molar-refractivity contribution is -0.137. The standard InChI is InChI=1S/C22H18ClF3N4O2/c1-30(2)20-12-16(22(24,25)26)11-19(29-20)15-5-3-14(4-6-15)13-27-32-21(31)28-18-9-7-17(23)8-10-18/h3-13H,1-2H3,(H,28,31)/b27-13-. The number of nitrogens with zero attached hydrogens (tertiary/aromatic N) is 3. The molecule has 3 aromatic rings. The van der Waals surface area contributed by atoms with E-state index >= 15 is 0 Å². The molecule has 3 rings (SSSR count). The zero-order valence-corrected chi connectivity index (χ0v) is 17.8. The Kier molecular flexibility index (Phi) is 6.99. The van der Waals surface area contributed by atoms with Crippen molar-refractivity contribution in [3.63, 3.8) is 0 Å². The molecular weight excluding hydrogens is 445 g/mol. The molecule has 32 heavy (non-hydrogen) atoms. The second kappa shape index (κ2) is 9.69. The molecule has 1 N–H and O–H groups in total. The van der Waals surface area contributed by atoms with E-state index in [1.54, 1.807) is 62.6 Å². The van der Waals surface area contributed by atoms with E-state index in [1.807, 2.05) is 0 Å². The number of halogens is 4. The molecule has 0 atom stereocenters. The number of nitrogens with one attached hydrogen (secondary N) is 1. The molecule has 0 radical (unpaired) electrons. The van der Waals surface area contributed by atoms with Crippen molar-refractivity contribution in [2.75, 3.05) is 24.3 Å². The van der Waals surface area contributed by atoms with Gasteiger partial charge in [0.05, 0.1) is 17.5 Å². The van der Waals surface area contributed by atoms with Crippen LogP contribution in [0, 0.1) is 0 Å². The van der Waals surface area contributed by atoms with Crippen molar-refractivity contribution in [3.8, 4) is 11.3 Å². The van der Waals surface area contributed by atoms with E-state index in [9.17, 15) is 18.0 Å². The number of rotatable bonds is 5. The van der Waals surface area contributed by atoms with Crippen LogP contribution in [0.2, 0.25) is 5.02 Å². The van der Waals surface area contributed by atoms with Gasteiger partial charge < -0.3 is 4.90 Å². The van der Waals surface area contributed by atoms with Gasteiger partial charge in [-0.3, -0.25) is 10.2 Å². The predicted molar refractivity (Wildman–Crippen MR) is 118 cm³/mol. The van der Waals surface area contributed by atoms with Crippen molar-refractivity contribution in [2.24, 2.45) is 5.16 Å². The number of amides is 1. The summed E-state index contributed by atoms with van der Waals surface area (Å²) in [6.07, 6.45) is -3.97. The van der Waals surface area contributed by atoms with Crippen molar-refractivity contribution >= 4 is 35.4 Å². The summed E-state index contributed by atoms with van der Waals surface area (Å²) in [5.41, 5.74) is 0.970. The van der Waals surface area contributed by atoms with Gasteiger partial charge in [-0.1, -0.05) is 41.0 Å². The molecular formula is C22H18ClF3N4O2. The van der Waals surface area contributed by atoms with Gasteiger partial charge >= 0.3 is 12.3 Å². The minimum absolute atomic E-state index is 0.186. The molecule has 166 valence electrons. The minimum atomic E-state index is -4.49. The third kappa shape index (κ3) is 6.21.